The number of aromatic carboxylic acids is 2. The van der Waals surface area contributed by atoms with Gasteiger partial charge < -0.3 is 24.4 Å². The lowest BCUT2D eigenvalue weighted by Crippen LogP contribution is -2.28. The van der Waals surface area contributed by atoms with E-state index in [0.717, 1.165) is 0 Å². The molecule has 2 aromatic rings. The van der Waals surface area contributed by atoms with Gasteiger partial charge in [-0.3, -0.25) is 0 Å². The van der Waals surface area contributed by atoms with E-state index < -0.39 is 23.1 Å². The maximum Gasteiger partial charge on any atom is 0.0737 e. The number of hydrogen-bond acceptors (Lipinski definition) is 4. The first kappa shape index (κ1) is 10.9. The summed E-state index contributed by atoms with van der Waals surface area (Å²) in [4.78, 5) is 21.5. The highest BCUT2D eigenvalue weighted by Crippen LogP contribution is 2.14. The lowest BCUT2D eigenvalue weighted by atomic mass is 10.2. The largest absolute Gasteiger partial charge is 0.545 e. The van der Waals surface area contributed by atoms with E-state index in [9.17, 15) is 19.8 Å². The minimum atomic E-state index is -1.54. The Kier molecular flexibility index (Phi) is 2.66. The van der Waals surface area contributed by atoms with Crippen molar-refractivity contribution in [3.63, 3.8) is 0 Å². The Labute approximate surface area is 96.5 Å². The topological polar surface area (TPSA) is 85.2 Å². The normalized spacial score (nSPS) is 10.1. The first-order chi connectivity index (χ1) is 8.09. The van der Waals surface area contributed by atoms with Gasteiger partial charge in [-0.1, -0.05) is 18.2 Å². The Morgan fingerprint density at radius 1 is 0.882 bits per heavy atom. The summed E-state index contributed by atoms with van der Waals surface area (Å²) in [6.45, 7) is 0. The minimum absolute atomic E-state index is 0.395. The number of hydrogen-bond donors (Lipinski definition) is 0. The molecule has 0 aliphatic rings. The van der Waals surface area contributed by atoms with Crippen LogP contribution < -0.4 is 10.2 Å². The summed E-state index contributed by atoms with van der Waals surface area (Å²) < 4.78 is 1.40. The fraction of sp³-hybridized carbons (Fsp3) is 0. The predicted octanol–water partition coefficient (Wildman–Crippen LogP) is -0.796. The number of benzene rings is 1. The van der Waals surface area contributed by atoms with Crippen LogP contribution in [0.5, 0.6) is 0 Å². The zero-order valence-corrected chi connectivity index (χ0v) is 8.62. The summed E-state index contributed by atoms with van der Waals surface area (Å²) in [5.74, 6) is -3.09. The highest BCUT2D eigenvalue weighted by atomic mass is 16.4. The Bertz CT molecular complexity index is 540. The van der Waals surface area contributed by atoms with Gasteiger partial charge >= 0.3 is 0 Å². The summed E-state index contributed by atoms with van der Waals surface area (Å²) in [5, 5.41) is 21.5. The molecule has 0 atom stereocenters. The fourth-order valence-corrected chi connectivity index (χ4v) is 1.53. The smallest absolute Gasteiger partial charge is 0.0737 e. The lowest BCUT2D eigenvalue weighted by Gasteiger charge is -2.03. The number of aromatic nitrogens is 1. The summed E-state index contributed by atoms with van der Waals surface area (Å²) in [6, 6.07) is 8.75. The van der Waals surface area contributed by atoms with Crippen molar-refractivity contribution in [2.45, 2.75) is 0 Å². The molecule has 0 fully saturated rings. The van der Waals surface area contributed by atoms with E-state index in [1.165, 1.54) is 17.0 Å². The molecule has 5 heteroatoms. The molecule has 0 aliphatic heterocycles. The SMILES string of the molecule is O=C([O-])c1cn(-c2ccccc2)cc1C(=O)[O-]. The van der Waals surface area contributed by atoms with Gasteiger partial charge in [0.2, 0.25) is 0 Å². The summed E-state index contributed by atoms with van der Waals surface area (Å²) in [7, 11) is 0. The summed E-state index contributed by atoms with van der Waals surface area (Å²) in [5.41, 5.74) is -0.134. The molecule has 0 bridgehead atoms. The average molecular weight is 229 g/mol. The lowest BCUT2D eigenvalue weighted by molar-refractivity contribution is -0.259. The van der Waals surface area contributed by atoms with Crippen LogP contribution in [0.2, 0.25) is 0 Å². The number of para-hydroxylation sites is 1. The van der Waals surface area contributed by atoms with Crippen LogP contribution in [-0.2, 0) is 0 Å². The van der Waals surface area contributed by atoms with Gasteiger partial charge in [0.1, 0.15) is 0 Å². The van der Waals surface area contributed by atoms with Crippen molar-refractivity contribution in [1.29, 1.82) is 0 Å². The van der Waals surface area contributed by atoms with Crippen molar-refractivity contribution in [3.8, 4) is 5.69 Å². The molecule has 0 saturated carbocycles. The van der Waals surface area contributed by atoms with Crippen molar-refractivity contribution in [1.82, 2.24) is 4.57 Å². The van der Waals surface area contributed by atoms with E-state index in [1.54, 1.807) is 30.3 Å². The van der Waals surface area contributed by atoms with Gasteiger partial charge in [0.05, 0.1) is 11.9 Å². The quantitative estimate of drug-likeness (QED) is 0.689. The number of nitrogens with zero attached hydrogens (tertiary/aromatic N) is 1. The van der Waals surface area contributed by atoms with E-state index >= 15 is 0 Å². The number of rotatable bonds is 3. The van der Waals surface area contributed by atoms with Gasteiger partial charge in [-0.05, 0) is 12.1 Å². The monoisotopic (exact) mass is 229 g/mol. The average Bonchev–Trinajstić information content (AvgIpc) is 2.75. The molecule has 1 aromatic heterocycles. The second kappa shape index (κ2) is 4.13. The standard InChI is InChI=1S/C12H9NO4/c14-11(15)9-6-13(7-10(9)12(16)17)8-4-2-1-3-5-8/h1-7H,(H,14,15)(H,16,17)/p-2. The second-order valence-corrected chi connectivity index (χ2v) is 3.40. The number of carbonyl (C=O) groups excluding carboxylic acids is 2. The maximum atomic E-state index is 10.8. The Hall–Kier alpha value is -2.56. The van der Waals surface area contributed by atoms with Crippen molar-refractivity contribution in [3.05, 3.63) is 53.9 Å². The summed E-state index contributed by atoms with van der Waals surface area (Å²) >= 11 is 0. The third kappa shape index (κ3) is 2.03. The molecule has 0 aliphatic carbocycles. The Morgan fingerprint density at radius 2 is 1.35 bits per heavy atom. The van der Waals surface area contributed by atoms with Crippen LogP contribution in [0.3, 0.4) is 0 Å². The van der Waals surface area contributed by atoms with Gasteiger partial charge in [-0.15, -0.1) is 0 Å². The fourth-order valence-electron chi connectivity index (χ4n) is 1.53. The molecule has 5 nitrogen and oxygen atoms in total. The van der Waals surface area contributed by atoms with Crippen molar-refractivity contribution in [2.24, 2.45) is 0 Å². The Morgan fingerprint density at radius 3 is 1.76 bits per heavy atom. The molecule has 1 heterocycles. The van der Waals surface area contributed by atoms with E-state index in [4.69, 9.17) is 0 Å². The van der Waals surface area contributed by atoms with Crippen LogP contribution >= 0.6 is 0 Å². The first-order valence-electron chi connectivity index (χ1n) is 4.79. The van der Waals surface area contributed by atoms with Gasteiger partial charge in [0.25, 0.3) is 0 Å². The molecule has 0 spiro atoms. The second-order valence-electron chi connectivity index (χ2n) is 3.40. The van der Waals surface area contributed by atoms with Crippen LogP contribution in [0.4, 0.5) is 0 Å². The number of carbonyl (C=O) groups is 2. The maximum absolute atomic E-state index is 10.8. The van der Waals surface area contributed by atoms with Crippen LogP contribution in [0.25, 0.3) is 5.69 Å². The predicted molar refractivity (Wildman–Crippen MR) is 54.4 cm³/mol. The first-order valence-corrected chi connectivity index (χ1v) is 4.79. The van der Waals surface area contributed by atoms with Gasteiger partial charge in [0, 0.05) is 29.2 Å². The van der Waals surface area contributed by atoms with Gasteiger partial charge in [0.15, 0.2) is 0 Å². The molecule has 1 aromatic carbocycles. The van der Waals surface area contributed by atoms with Crippen LogP contribution in [0.15, 0.2) is 42.7 Å². The zero-order chi connectivity index (χ0) is 12.4. The Balaban J connectivity index is 2.55. The van der Waals surface area contributed by atoms with Crippen molar-refractivity contribution in [2.75, 3.05) is 0 Å². The van der Waals surface area contributed by atoms with E-state index in [-0.39, 0.29) is 0 Å². The molecule has 0 radical (unpaired) electrons. The van der Waals surface area contributed by atoms with Gasteiger partial charge in [-0.2, -0.15) is 0 Å². The van der Waals surface area contributed by atoms with Crippen LogP contribution in [-0.4, -0.2) is 16.5 Å². The molecule has 86 valence electrons. The highest BCUT2D eigenvalue weighted by Gasteiger charge is 2.09. The third-order valence-corrected chi connectivity index (χ3v) is 2.32. The molecule has 0 N–H and O–H groups in total. The van der Waals surface area contributed by atoms with E-state index in [0.29, 0.717) is 5.69 Å². The van der Waals surface area contributed by atoms with E-state index in [2.05, 4.69) is 0 Å². The molecule has 0 amide bonds. The van der Waals surface area contributed by atoms with Gasteiger partial charge in [-0.25, -0.2) is 0 Å². The highest BCUT2D eigenvalue weighted by molar-refractivity contribution is 6.00. The summed E-state index contributed by atoms with van der Waals surface area (Å²) in [6.07, 6.45) is 2.38. The molecule has 0 saturated heterocycles. The van der Waals surface area contributed by atoms with Crippen LogP contribution in [0, 0.1) is 0 Å². The number of carboxylic acids is 2. The van der Waals surface area contributed by atoms with Crippen LogP contribution in [0.1, 0.15) is 20.7 Å². The molecule has 2 rings (SSSR count). The number of carboxylic acid groups (broad SMARTS) is 2. The molecule has 17 heavy (non-hydrogen) atoms. The molecular weight excluding hydrogens is 222 g/mol. The zero-order valence-electron chi connectivity index (χ0n) is 8.62. The molecular formula is C12H7NO4-2. The third-order valence-electron chi connectivity index (χ3n) is 2.32. The van der Waals surface area contributed by atoms with Crippen molar-refractivity contribution < 1.29 is 19.8 Å². The minimum Gasteiger partial charge on any atom is -0.545 e. The van der Waals surface area contributed by atoms with Crippen molar-refractivity contribution >= 4 is 11.9 Å². The molecule has 0 unspecified atom stereocenters. The van der Waals surface area contributed by atoms with E-state index in [1.807, 2.05) is 0 Å².